The molecule has 0 aromatic heterocycles. The Hall–Kier alpha value is -2.40. The number of nitrogens with two attached hydrogens (primary N) is 1. The zero-order valence-electron chi connectivity index (χ0n) is 11.6. The molecule has 2 aromatic carbocycles. The van der Waals surface area contributed by atoms with Crippen LogP contribution in [0.4, 0.5) is 0 Å². The van der Waals surface area contributed by atoms with Crippen molar-refractivity contribution in [2.45, 2.75) is 13.5 Å². The van der Waals surface area contributed by atoms with Crippen LogP contribution in [0.1, 0.15) is 21.5 Å². The highest BCUT2D eigenvalue weighted by Gasteiger charge is 2.06. The summed E-state index contributed by atoms with van der Waals surface area (Å²) in [6.07, 6.45) is 0. The Bertz CT molecular complexity index is 636. The van der Waals surface area contributed by atoms with Gasteiger partial charge in [0.2, 0.25) is 0 Å². The van der Waals surface area contributed by atoms with Crippen molar-refractivity contribution in [1.82, 2.24) is 5.32 Å². The van der Waals surface area contributed by atoms with Gasteiger partial charge in [-0.3, -0.25) is 10.1 Å². The summed E-state index contributed by atoms with van der Waals surface area (Å²) in [6, 6.07) is 14.9. The van der Waals surface area contributed by atoms with E-state index in [0.717, 1.165) is 5.56 Å². The van der Waals surface area contributed by atoms with Crippen molar-refractivity contribution in [2.75, 3.05) is 0 Å². The normalized spacial score (nSPS) is 9.95. The van der Waals surface area contributed by atoms with E-state index < -0.39 is 0 Å². The van der Waals surface area contributed by atoms with Crippen LogP contribution in [-0.2, 0) is 6.61 Å². The minimum atomic E-state index is -0.326. The van der Waals surface area contributed by atoms with Crippen LogP contribution in [0.15, 0.2) is 48.5 Å². The van der Waals surface area contributed by atoms with Gasteiger partial charge in [0.15, 0.2) is 5.11 Å². The number of carbonyl (C=O) groups is 1. The lowest BCUT2D eigenvalue weighted by molar-refractivity contribution is 0.0977. The van der Waals surface area contributed by atoms with Crippen LogP contribution in [0.3, 0.4) is 0 Å². The minimum absolute atomic E-state index is 0.0419. The summed E-state index contributed by atoms with van der Waals surface area (Å²) >= 11 is 4.62. The van der Waals surface area contributed by atoms with Gasteiger partial charge in [0.25, 0.3) is 5.91 Å². The van der Waals surface area contributed by atoms with Gasteiger partial charge in [-0.15, -0.1) is 0 Å². The highest BCUT2D eigenvalue weighted by molar-refractivity contribution is 7.80. The van der Waals surface area contributed by atoms with Gasteiger partial charge in [0, 0.05) is 5.56 Å². The van der Waals surface area contributed by atoms with Crippen LogP contribution < -0.4 is 15.8 Å². The fourth-order valence-electron chi connectivity index (χ4n) is 1.74. The van der Waals surface area contributed by atoms with Crippen molar-refractivity contribution >= 4 is 23.2 Å². The van der Waals surface area contributed by atoms with Gasteiger partial charge in [0.05, 0.1) is 0 Å². The molecular formula is C16H16N2O2S. The summed E-state index contributed by atoms with van der Waals surface area (Å²) in [7, 11) is 0. The molecule has 0 heterocycles. The van der Waals surface area contributed by atoms with E-state index in [0.29, 0.717) is 17.9 Å². The van der Waals surface area contributed by atoms with Crippen molar-refractivity contribution in [3.63, 3.8) is 0 Å². The number of rotatable bonds is 4. The number of benzene rings is 2. The first-order valence-corrected chi connectivity index (χ1v) is 6.84. The van der Waals surface area contributed by atoms with Gasteiger partial charge >= 0.3 is 0 Å². The van der Waals surface area contributed by atoms with Crippen LogP contribution in [0, 0.1) is 6.92 Å². The molecule has 21 heavy (non-hydrogen) atoms. The molecule has 0 radical (unpaired) electrons. The van der Waals surface area contributed by atoms with E-state index in [4.69, 9.17) is 10.5 Å². The molecule has 0 aliphatic heterocycles. The lowest BCUT2D eigenvalue weighted by atomic mass is 10.2. The van der Waals surface area contributed by atoms with E-state index in [1.807, 2.05) is 31.2 Å². The summed E-state index contributed by atoms with van der Waals surface area (Å²) in [5, 5.41) is 2.33. The highest BCUT2D eigenvalue weighted by Crippen LogP contribution is 2.14. The summed E-state index contributed by atoms with van der Waals surface area (Å²) in [4.78, 5) is 11.7. The molecule has 0 fully saturated rings. The van der Waals surface area contributed by atoms with Crippen molar-refractivity contribution in [3.8, 4) is 5.75 Å². The third kappa shape index (κ3) is 4.57. The van der Waals surface area contributed by atoms with E-state index >= 15 is 0 Å². The summed E-state index contributed by atoms with van der Waals surface area (Å²) in [6.45, 7) is 2.53. The molecule has 0 bridgehead atoms. The molecular weight excluding hydrogens is 284 g/mol. The van der Waals surface area contributed by atoms with Crippen molar-refractivity contribution in [2.24, 2.45) is 5.73 Å². The number of carbonyl (C=O) groups excluding carboxylic acids is 1. The second-order valence-electron chi connectivity index (χ2n) is 4.62. The average Bonchev–Trinajstić information content (AvgIpc) is 2.46. The van der Waals surface area contributed by atoms with Crippen LogP contribution in [0.2, 0.25) is 0 Å². The Morgan fingerprint density at radius 3 is 2.33 bits per heavy atom. The lowest BCUT2D eigenvalue weighted by Crippen LogP contribution is -2.34. The molecule has 0 saturated heterocycles. The fourth-order valence-corrected chi connectivity index (χ4v) is 1.83. The van der Waals surface area contributed by atoms with Crippen LogP contribution in [0.5, 0.6) is 5.75 Å². The van der Waals surface area contributed by atoms with E-state index in [9.17, 15) is 4.79 Å². The molecule has 0 aliphatic carbocycles. The third-order valence-corrected chi connectivity index (χ3v) is 2.98. The number of nitrogens with one attached hydrogen (secondary N) is 1. The van der Waals surface area contributed by atoms with Gasteiger partial charge in [-0.25, -0.2) is 0 Å². The zero-order chi connectivity index (χ0) is 15.2. The Morgan fingerprint density at radius 2 is 1.76 bits per heavy atom. The standard InChI is InChI=1S/C16H16N2O2S/c1-11-2-4-12(5-3-11)10-20-14-8-6-13(7-9-14)15(19)18-16(17)21/h2-9H,10H2,1H3,(H3,17,18,19,21). The molecule has 108 valence electrons. The van der Waals surface area contributed by atoms with E-state index in [1.54, 1.807) is 24.3 Å². The van der Waals surface area contributed by atoms with Crippen LogP contribution in [-0.4, -0.2) is 11.0 Å². The third-order valence-electron chi connectivity index (χ3n) is 2.88. The topological polar surface area (TPSA) is 64.3 Å². The second kappa shape index (κ2) is 6.85. The molecule has 0 saturated carbocycles. The first kappa shape index (κ1) is 15.0. The Morgan fingerprint density at radius 1 is 1.14 bits per heavy atom. The smallest absolute Gasteiger partial charge is 0.257 e. The quantitative estimate of drug-likeness (QED) is 0.852. The molecule has 4 nitrogen and oxygen atoms in total. The number of ether oxygens (including phenoxy) is 1. The number of amides is 1. The summed E-state index contributed by atoms with van der Waals surface area (Å²) < 4.78 is 5.67. The monoisotopic (exact) mass is 300 g/mol. The predicted molar refractivity (Wildman–Crippen MR) is 86.2 cm³/mol. The second-order valence-corrected chi connectivity index (χ2v) is 5.06. The zero-order valence-corrected chi connectivity index (χ0v) is 12.4. The molecule has 2 rings (SSSR count). The van der Waals surface area contributed by atoms with E-state index in [2.05, 4.69) is 17.5 Å². The summed E-state index contributed by atoms with van der Waals surface area (Å²) in [5.41, 5.74) is 8.04. The first-order valence-electron chi connectivity index (χ1n) is 6.44. The van der Waals surface area contributed by atoms with Crippen molar-refractivity contribution in [3.05, 3.63) is 65.2 Å². The fraction of sp³-hybridized carbons (Fsp3) is 0.125. The number of aryl methyl sites for hydroxylation is 1. The van der Waals surface area contributed by atoms with Crippen LogP contribution in [0.25, 0.3) is 0 Å². The molecule has 5 heteroatoms. The molecule has 0 unspecified atom stereocenters. The Kier molecular flexibility index (Phi) is 4.90. The van der Waals surface area contributed by atoms with Gasteiger partial charge in [-0.2, -0.15) is 0 Å². The van der Waals surface area contributed by atoms with Crippen LogP contribution >= 0.6 is 12.2 Å². The summed E-state index contributed by atoms with van der Waals surface area (Å²) in [5.74, 6) is 0.370. The van der Waals surface area contributed by atoms with Gasteiger partial charge in [-0.1, -0.05) is 29.8 Å². The maximum absolute atomic E-state index is 11.7. The number of hydrogen-bond donors (Lipinski definition) is 2. The Balaban J connectivity index is 1.94. The first-order chi connectivity index (χ1) is 10.0. The predicted octanol–water partition coefficient (Wildman–Crippen LogP) is 2.55. The lowest BCUT2D eigenvalue weighted by Gasteiger charge is -2.08. The molecule has 0 aliphatic rings. The largest absolute Gasteiger partial charge is 0.489 e. The Labute approximate surface area is 128 Å². The maximum Gasteiger partial charge on any atom is 0.257 e. The average molecular weight is 300 g/mol. The molecule has 1 amide bonds. The molecule has 2 aromatic rings. The minimum Gasteiger partial charge on any atom is -0.489 e. The van der Waals surface area contributed by atoms with Crippen molar-refractivity contribution < 1.29 is 9.53 Å². The highest BCUT2D eigenvalue weighted by atomic mass is 32.1. The SMILES string of the molecule is Cc1ccc(COc2ccc(C(=O)NC(N)=S)cc2)cc1. The molecule has 0 atom stereocenters. The number of hydrogen-bond acceptors (Lipinski definition) is 3. The van der Waals surface area contributed by atoms with Crippen molar-refractivity contribution in [1.29, 1.82) is 0 Å². The van der Waals surface area contributed by atoms with E-state index in [-0.39, 0.29) is 11.0 Å². The van der Waals surface area contributed by atoms with Gasteiger partial charge in [-0.05, 0) is 49.0 Å². The maximum atomic E-state index is 11.7. The van der Waals surface area contributed by atoms with E-state index in [1.165, 1.54) is 5.56 Å². The molecule has 0 spiro atoms. The number of thiocarbonyl (C=S) groups is 1. The molecule has 3 N–H and O–H groups in total. The van der Waals surface area contributed by atoms with Gasteiger partial charge < -0.3 is 10.5 Å². The van der Waals surface area contributed by atoms with Gasteiger partial charge in [0.1, 0.15) is 12.4 Å².